The van der Waals surface area contributed by atoms with Gasteiger partial charge < -0.3 is 10.0 Å². The monoisotopic (exact) mass is 205 g/mol. The predicted octanol–water partition coefficient (Wildman–Crippen LogP) is 2.21. The van der Waals surface area contributed by atoms with Gasteiger partial charge in [-0.15, -0.1) is 0 Å². The normalized spacial score (nSPS) is 15.9. The lowest BCUT2D eigenvalue weighted by Gasteiger charge is -2.21. The number of hydrogen-bond donors (Lipinski definition) is 1. The Bertz CT molecular complexity index is 305. The molecule has 0 atom stereocenters. The van der Waals surface area contributed by atoms with Crippen LogP contribution in [0.1, 0.15) is 24.8 Å². The van der Waals surface area contributed by atoms with Gasteiger partial charge in [0.1, 0.15) is 0 Å². The standard InChI is InChI=1S/C13H19NO/c15-11-5-7-12-6-1-2-8-13(12)14-9-3-4-10-14/h1-2,6,8,15H,3-5,7,9-11H2. The number of nitrogens with zero attached hydrogens (tertiary/aromatic N) is 1. The molecule has 1 aromatic carbocycles. The van der Waals surface area contributed by atoms with Crippen molar-refractivity contribution < 1.29 is 5.11 Å². The first-order valence-corrected chi connectivity index (χ1v) is 5.85. The minimum Gasteiger partial charge on any atom is -0.396 e. The van der Waals surface area contributed by atoms with Gasteiger partial charge in [0, 0.05) is 25.4 Å². The number of para-hydroxylation sites is 1. The summed E-state index contributed by atoms with van der Waals surface area (Å²) in [5, 5.41) is 8.87. The molecule has 1 heterocycles. The van der Waals surface area contributed by atoms with Crippen molar-refractivity contribution in [3.8, 4) is 0 Å². The fraction of sp³-hybridized carbons (Fsp3) is 0.538. The smallest absolute Gasteiger partial charge is 0.0434 e. The second-order valence-electron chi connectivity index (χ2n) is 4.15. The summed E-state index contributed by atoms with van der Waals surface area (Å²) in [6.07, 6.45) is 4.48. The van der Waals surface area contributed by atoms with Gasteiger partial charge in [0.25, 0.3) is 0 Å². The summed E-state index contributed by atoms with van der Waals surface area (Å²) >= 11 is 0. The third-order valence-electron chi connectivity index (χ3n) is 3.04. The van der Waals surface area contributed by atoms with Crippen molar-refractivity contribution in [1.29, 1.82) is 0 Å². The van der Waals surface area contributed by atoms with Gasteiger partial charge in [0.2, 0.25) is 0 Å². The van der Waals surface area contributed by atoms with Crippen LogP contribution in [0.2, 0.25) is 0 Å². The molecule has 82 valence electrons. The zero-order valence-electron chi connectivity index (χ0n) is 9.15. The first-order valence-electron chi connectivity index (χ1n) is 5.85. The van der Waals surface area contributed by atoms with Gasteiger partial charge in [0.05, 0.1) is 0 Å². The molecule has 0 unspecified atom stereocenters. The van der Waals surface area contributed by atoms with E-state index >= 15 is 0 Å². The molecular weight excluding hydrogens is 186 g/mol. The Kier molecular flexibility index (Phi) is 3.62. The molecule has 1 fully saturated rings. The van der Waals surface area contributed by atoms with E-state index in [2.05, 4.69) is 29.2 Å². The number of aryl methyl sites for hydroxylation is 1. The molecule has 0 bridgehead atoms. The van der Waals surface area contributed by atoms with Gasteiger partial charge in [0.15, 0.2) is 0 Å². The number of benzene rings is 1. The van der Waals surface area contributed by atoms with E-state index in [9.17, 15) is 0 Å². The fourth-order valence-electron chi connectivity index (χ4n) is 2.26. The fourth-order valence-corrected chi connectivity index (χ4v) is 2.26. The van der Waals surface area contributed by atoms with Crippen molar-refractivity contribution in [2.75, 3.05) is 24.6 Å². The molecule has 2 heteroatoms. The average molecular weight is 205 g/mol. The Morgan fingerprint density at radius 2 is 1.87 bits per heavy atom. The van der Waals surface area contributed by atoms with Crippen molar-refractivity contribution in [1.82, 2.24) is 0 Å². The van der Waals surface area contributed by atoms with Crippen LogP contribution in [0.25, 0.3) is 0 Å². The molecule has 0 radical (unpaired) electrons. The summed E-state index contributed by atoms with van der Waals surface area (Å²) in [6.45, 7) is 2.67. The molecule has 0 aliphatic carbocycles. The zero-order valence-corrected chi connectivity index (χ0v) is 9.15. The van der Waals surface area contributed by atoms with Gasteiger partial charge in [-0.05, 0) is 37.3 Å². The molecule has 2 rings (SSSR count). The van der Waals surface area contributed by atoms with Gasteiger partial charge >= 0.3 is 0 Å². The Balaban J connectivity index is 2.13. The summed E-state index contributed by atoms with van der Waals surface area (Å²) in [6, 6.07) is 8.59. The minimum atomic E-state index is 0.286. The van der Waals surface area contributed by atoms with E-state index in [-0.39, 0.29) is 6.61 Å². The first-order chi connectivity index (χ1) is 7.42. The number of hydrogen-bond acceptors (Lipinski definition) is 2. The lowest BCUT2D eigenvalue weighted by Crippen LogP contribution is -2.19. The van der Waals surface area contributed by atoms with Crippen molar-refractivity contribution in [2.24, 2.45) is 0 Å². The molecule has 2 nitrogen and oxygen atoms in total. The molecule has 0 amide bonds. The number of rotatable bonds is 4. The van der Waals surface area contributed by atoms with Crippen LogP contribution in [0.5, 0.6) is 0 Å². The summed E-state index contributed by atoms with van der Waals surface area (Å²) < 4.78 is 0. The Labute approximate surface area is 91.5 Å². The quantitative estimate of drug-likeness (QED) is 0.814. The highest BCUT2D eigenvalue weighted by Crippen LogP contribution is 2.25. The lowest BCUT2D eigenvalue weighted by atomic mass is 10.1. The van der Waals surface area contributed by atoms with E-state index in [1.807, 2.05) is 0 Å². The average Bonchev–Trinajstić information content (AvgIpc) is 2.80. The maximum atomic E-state index is 8.87. The first kappa shape index (κ1) is 10.5. The van der Waals surface area contributed by atoms with Gasteiger partial charge in [-0.1, -0.05) is 18.2 Å². The van der Waals surface area contributed by atoms with E-state index in [1.54, 1.807) is 0 Å². The predicted molar refractivity (Wildman–Crippen MR) is 63.3 cm³/mol. The molecule has 15 heavy (non-hydrogen) atoms. The van der Waals surface area contributed by atoms with Crippen LogP contribution in [-0.2, 0) is 6.42 Å². The zero-order chi connectivity index (χ0) is 10.5. The molecular formula is C13H19NO. The highest BCUT2D eigenvalue weighted by atomic mass is 16.2. The van der Waals surface area contributed by atoms with Crippen molar-refractivity contribution in [3.05, 3.63) is 29.8 Å². The second kappa shape index (κ2) is 5.17. The van der Waals surface area contributed by atoms with Crippen LogP contribution in [0.3, 0.4) is 0 Å². The topological polar surface area (TPSA) is 23.5 Å². The van der Waals surface area contributed by atoms with Crippen molar-refractivity contribution in [3.63, 3.8) is 0 Å². The van der Waals surface area contributed by atoms with Crippen LogP contribution in [0.15, 0.2) is 24.3 Å². The Hall–Kier alpha value is -1.02. The van der Waals surface area contributed by atoms with Gasteiger partial charge in [-0.25, -0.2) is 0 Å². The Morgan fingerprint density at radius 1 is 1.13 bits per heavy atom. The highest BCUT2D eigenvalue weighted by Gasteiger charge is 2.14. The molecule has 1 aliphatic rings. The van der Waals surface area contributed by atoms with Gasteiger partial charge in [-0.2, -0.15) is 0 Å². The molecule has 0 spiro atoms. The lowest BCUT2D eigenvalue weighted by molar-refractivity contribution is 0.288. The van der Waals surface area contributed by atoms with Crippen molar-refractivity contribution >= 4 is 5.69 Å². The molecule has 1 aliphatic heterocycles. The van der Waals surface area contributed by atoms with Crippen LogP contribution in [-0.4, -0.2) is 24.8 Å². The van der Waals surface area contributed by atoms with E-state index in [0.29, 0.717) is 0 Å². The highest BCUT2D eigenvalue weighted by molar-refractivity contribution is 5.54. The summed E-state index contributed by atoms with van der Waals surface area (Å²) in [7, 11) is 0. The molecule has 1 N–H and O–H groups in total. The summed E-state index contributed by atoms with van der Waals surface area (Å²) in [5.41, 5.74) is 2.76. The van der Waals surface area contributed by atoms with Crippen LogP contribution in [0.4, 0.5) is 5.69 Å². The van der Waals surface area contributed by atoms with Gasteiger partial charge in [-0.3, -0.25) is 0 Å². The minimum absolute atomic E-state index is 0.286. The van der Waals surface area contributed by atoms with Crippen molar-refractivity contribution in [2.45, 2.75) is 25.7 Å². The SMILES string of the molecule is OCCCc1ccccc1N1CCCC1. The second-order valence-corrected chi connectivity index (χ2v) is 4.15. The van der Waals surface area contributed by atoms with Crippen LogP contribution >= 0.6 is 0 Å². The Morgan fingerprint density at radius 3 is 2.60 bits per heavy atom. The molecule has 0 saturated carbocycles. The molecule has 0 aromatic heterocycles. The van der Waals surface area contributed by atoms with E-state index in [1.165, 1.54) is 37.2 Å². The third kappa shape index (κ3) is 2.51. The maximum absolute atomic E-state index is 8.87. The van der Waals surface area contributed by atoms with Crippen LogP contribution < -0.4 is 4.90 Å². The van der Waals surface area contributed by atoms with E-state index in [0.717, 1.165) is 12.8 Å². The van der Waals surface area contributed by atoms with E-state index < -0.39 is 0 Å². The number of aliphatic hydroxyl groups excluding tert-OH is 1. The number of anilines is 1. The van der Waals surface area contributed by atoms with Crippen LogP contribution in [0, 0.1) is 0 Å². The summed E-state index contributed by atoms with van der Waals surface area (Å²) in [4.78, 5) is 2.46. The molecule has 1 aromatic rings. The van der Waals surface area contributed by atoms with E-state index in [4.69, 9.17) is 5.11 Å². The number of aliphatic hydroxyl groups is 1. The maximum Gasteiger partial charge on any atom is 0.0434 e. The molecule has 1 saturated heterocycles. The largest absolute Gasteiger partial charge is 0.396 e. The summed E-state index contributed by atoms with van der Waals surface area (Å²) in [5.74, 6) is 0. The third-order valence-corrected chi connectivity index (χ3v) is 3.04.